The molecule has 0 unspecified atom stereocenters. The van der Waals surface area contributed by atoms with E-state index in [1.807, 2.05) is 0 Å². The van der Waals surface area contributed by atoms with Crippen molar-refractivity contribution >= 4 is 51.9 Å². The van der Waals surface area contributed by atoms with E-state index in [0.717, 1.165) is 12.1 Å². The number of hydrogen-bond donors (Lipinski definition) is 2. The van der Waals surface area contributed by atoms with Crippen molar-refractivity contribution in [2.75, 3.05) is 10.6 Å². The molecule has 0 heterocycles. The Morgan fingerprint density at radius 1 is 0.950 bits per heavy atom. The Kier molecular flexibility index (Phi) is 4.75. The number of hydrogen-bond acceptors (Lipinski definition) is 1. The highest BCUT2D eigenvalue weighted by molar-refractivity contribution is 7.80. The molecule has 0 saturated carbocycles. The zero-order valence-corrected chi connectivity index (χ0v) is 12.2. The van der Waals surface area contributed by atoms with Crippen molar-refractivity contribution in [3.8, 4) is 0 Å². The van der Waals surface area contributed by atoms with Crippen LogP contribution >= 0.6 is 35.4 Å². The Morgan fingerprint density at radius 2 is 1.65 bits per heavy atom. The van der Waals surface area contributed by atoms with Gasteiger partial charge < -0.3 is 10.6 Å². The average Bonchev–Trinajstić information content (AvgIpc) is 2.37. The van der Waals surface area contributed by atoms with Gasteiger partial charge in [-0.2, -0.15) is 0 Å². The van der Waals surface area contributed by atoms with Gasteiger partial charge in [0.2, 0.25) is 0 Å². The molecule has 2 rings (SSSR count). The van der Waals surface area contributed by atoms with Gasteiger partial charge in [-0.25, -0.2) is 8.78 Å². The van der Waals surface area contributed by atoms with Crippen LogP contribution in [0.25, 0.3) is 0 Å². The van der Waals surface area contributed by atoms with Crippen LogP contribution in [0.5, 0.6) is 0 Å². The smallest absolute Gasteiger partial charge is 0.175 e. The fourth-order valence-corrected chi connectivity index (χ4v) is 2.02. The number of nitrogens with one attached hydrogen (secondary N) is 2. The Labute approximate surface area is 129 Å². The lowest BCUT2D eigenvalue weighted by molar-refractivity contribution is 0.586. The molecule has 0 radical (unpaired) electrons. The van der Waals surface area contributed by atoms with Crippen LogP contribution in [-0.4, -0.2) is 5.11 Å². The van der Waals surface area contributed by atoms with E-state index >= 15 is 0 Å². The molecule has 0 saturated heterocycles. The Bertz CT molecular complexity index is 665. The topological polar surface area (TPSA) is 24.1 Å². The minimum atomic E-state index is -0.744. The first-order chi connectivity index (χ1) is 9.45. The van der Waals surface area contributed by atoms with E-state index in [2.05, 4.69) is 10.6 Å². The molecule has 7 heteroatoms. The number of benzene rings is 2. The normalized spacial score (nSPS) is 10.2. The third-order valence-electron chi connectivity index (χ3n) is 2.36. The van der Waals surface area contributed by atoms with Gasteiger partial charge in [-0.15, -0.1) is 0 Å². The lowest BCUT2D eigenvalue weighted by Gasteiger charge is -2.12. The van der Waals surface area contributed by atoms with Crippen molar-refractivity contribution in [3.05, 3.63) is 58.1 Å². The van der Waals surface area contributed by atoms with Gasteiger partial charge in [0.25, 0.3) is 0 Å². The zero-order chi connectivity index (χ0) is 14.7. The molecule has 0 aliphatic rings. The monoisotopic (exact) mass is 332 g/mol. The molecule has 2 aromatic carbocycles. The van der Waals surface area contributed by atoms with E-state index in [0.29, 0.717) is 15.7 Å². The number of thiocarbonyl (C=S) groups is 1. The maximum absolute atomic E-state index is 13.5. The predicted octanol–water partition coefficient (Wildman–Crippen LogP) is 5.08. The second-order valence-corrected chi connectivity index (χ2v) is 5.08. The highest BCUT2D eigenvalue weighted by Crippen LogP contribution is 2.25. The number of halogens is 4. The van der Waals surface area contributed by atoms with Crippen molar-refractivity contribution in [1.82, 2.24) is 0 Å². The van der Waals surface area contributed by atoms with Crippen LogP contribution < -0.4 is 10.6 Å². The van der Waals surface area contributed by atoms with Crippen molar-refractivity contribution in [3.63, 3.8) is 0 Å². The lowest BCUT2D eigenvalue weighted by Crippen LogP contribution is -2.20. The molecule has 0 spiro atoms. The van der Waals surface area contributed by atoms with E-state index in [1.165, 1.54) is 6.07 Å². The molecule has 0 aromatic heterocycles. The molecule has 0 amide bonds. The lowest BCUT2D eigenvalue weighted by atomic mass is 10.3. The summed E-state index contributed by atoms with van der Waals surface area (Å²) in [4.78, 5) is 0. The SMILES string of the molecule is Fc1ccc(NC(=S)Nc2cc(Cl)ccc2Cl)c(F)c1. The standard InChI is InChI=1S/C13H8Cl2F2N2S/c14-7-1-3-9(15)12(5-7)19-13(20)18-11-4-2-8(16)6-10(11)17/h1-6H,(H2,18,19,20). The predicted molar refractivity (Wildman–Crippen MR) is 82.7 cm³/mol. The molecule has 2 N–H and O–H groups in total. The molecular formula is C13H8Cl2F2N2S. The van der Waals surface area contributed by atoms with Crippen LogP contribution in [0.15, 0.2) is 36.4 Å². The van der Waals surface area contributed by atoms with Gasteiger partial charge in [-0.05, 0) is 42.5 Å². The Morgan fingerprint density at radius 3 is 2.35 bits per heavy atom. The van der Waals surface area contributed by atoms with Gasteiger partial charge in [-0.1, -0.05) is 23.2 Å². The Hall–Kier alpha value is -1.43. The quantitative estimate of drug-likeness (QED) is 0.750. The van der Waals surface area contributed by atoms with Gasteiger partial charge in [-0.3, -0.25) is 0 Å². The molecule has 0 bridgehead atoms. The van der Waals surface area contributed by atoms with Crippen LogP contribution in [0.4, 0.5) is 20.2 Å². The number of anilines is 2. The van der Waals surface area contributed by atoms with Gasteiger partial charge in [0.15, 0.2) is 5.11 Å². The van der Waals surface area contributed by atoms with Crippen molar-refractivity contribution < 1.29 is 8.78 Å². The maximum atomic E-state index is 13.5. The molecule has 0 aliphatic heterocycles. The Balaban J connectivity index is 2.11. The van der Waals surface area contributed by atoms with E-state index < -0.39 is 11.6 Å². The summed E-state index contributed by atoms with van der Waals surface area (Å²) in [5.41, 5.74) is 0.543. The van der Waals surface area contributed by atoms with Crippen LogP contribution in [0.1, 0.15) is 0 Å². The molecular weight excluding hydrogens is 325 g/mol. The van der Waals surface area contributed by atoms with Crippen molar-refractivity contribution in [1.29, 1.82) is 0 Å². The summed E-state index contributed by atoms with van der Waals surface area (Å²) < 4.78 is 26.2. The van der Waals surface area contributed by atoms with Gasteiger partial charge in [0.05, 0.1) is 16.4 Å². The third-order valence-corrected chi connectivity index (χ3v) is 3.12. The van der Waals surface area contributed by atoms with Gasteiger partial charge in [0, 0.05) is 11.1 Å². The minimum Gasteiger partial charge on any atom is -0.331 e. The zero-order valence-electron chi connectivity index (χ0n) is 9.88. The molecule has 0 atom stereocenters. The maximum Gasteiger partial charge on any atom is 0.175 e. The second-order valence-electron chi connectivity index (χ2n) is 3.83. The third kappa shape index (κ3) is 3.79. The summed E-state index contributed by atoms with van der Waals surface area (Å²) in [6, 6.07) is 7.95. The fourth-order valence-electron chi connectivity index (χ4n) is 1.46. The summed E-state index contributed by atoms with van der Waals surface area (Å²) >= 11 is 16.8. The van der Waals surface area contributed by atoms with E-state index in [1.54, 1.807) is 18.2 Å². The molecule has 2 nitrogen and oxygen atoms in total. The van der Waals surface area contributed by atoms with Crippen LogP contribution in [0, 0.1) is 11.6 Å². The van der Waals surface area contributed by atoms with Gasteiger partial charge >= 0.3 is 0 Å². The molecule has 2 aromatic rings. The van der Waals surface area contributed by atoms with E-state index in [9.17, 15) is 8.78 Å². The second kappa shape index (κ2) is 6.35. The molecule has 20 heavy (non-hydrogen) atoms. The number of rotatable bonds is 2. The highest BCUT2D eigenvalue weighted by Gasteiger charge is 2.07. The highest BCUT2D eigenvalue weighted by atomic mass is 35.5. The van der Waals surface area contributed by atoms with Gasteiger partial charge in [0.1, 0.15) is 11.6 Å². The largest absolute Gasteiger partial charge is 0.331 e. The van der Waals surface area contributed by atoms with Crippen molar-refractivity contribution in [2.45, 2.75) is 0 Å². The van der Waals surface area contributed by atoms with Crippen LogP contribution in [0.3, 0.4) is 0 Å². The van der Waals surface area contributed by atoms with Crippen LogP contribution in [0.2, 0.25) is 10.0 Å². The first-order valence-electron chi connectivity index (χ1n) is 5.44. The van der Waals surface area contributed by atoms with E-state index in [-0.39, 0.29) is 10.8 Å². The average molecular weight is 333 g/mol. The first-order valence-corrected chi connectivity index (χ1v) is 6.60. The summed E-state index contributed by atoms with van der Waals surface area (Å²) in [7, 11) is 0. The summed E-state index contributed by atoms with van der Waals surface area (Å²) in [6.45, 7) is 0. The first kappa shape index (κ1) is 15.0. The van der Waals surface area contributed by atoms with Crippen molar-refractivity contribution in [2.24, 2.45) is 0 Å². The fraction of sp³-hybridized carbons (Fsp3) is 0. The minimum absolute atomic E-state index is 0.0575. The summed E-state index contributed by atoms with van der Waals surface area (Å²) in [5, 5.41) is 6.40. The van der Waals surface area contributed by atoms with E-state index in [4.69, 9.17) is 35.4 Å². The van der Waals surface area contributed by atoms with Crippen LogP contribution in [-0.2, 0) is 0 Å². The molecule has 0 aliphatic carbocycles. The summed E-state index contributed by atoms with van der Waals surface area (Å²) in [6.07, 6.45) is 0. The molecule has 104 valence electrons. The molecule has 0 fully saturated rings. The summed E-state index contributed by atoms with van der Waals surface area (Å²) in [5.74, 6) is -1.41.